The van der Waals surface area contributed by atoms with Crippen molar-refractivity contribution in [2.45, 2.75) is 40.2 Å². The minimum absolute atomic E-state index is 0.261. The number of anilines is 1. The second kappa shape index (κ2) is 5.43. The summed E-state index contributed by atoms with van der Waals surface area (Å²) in [6, 6.07) is 4.72. The number of nitrogens with two attached hydrogens (primary N) is 1. The predicted octanol–water partition coefficient (Wildman–Crippen LogP) is 3.55. The number of aromatic nitrogens is 2. The Hall–Kier alpha value is -1.84. The molecule has 0 saturated carbocycles. The normalized spacial score (nSPS) is 10.9. The molecule has 0 radical (unpaired) electrons. The first kappa shape index (κ1) is 13.6. The van der Waals surface area contributed by atoms with Crippen molar-refractivity contribution in [3.8, 4) is 11.3 Å². The second-order valence-electron chi connectivity index (χ2n) is 4.72. The highest BCUT2D eigenvalue weighted by Crippen LogP contribution is 2.30. The van der Waals surface area contributed by atoms with Crippen LogP contribution in [0.4, 0.5) is 10.2 Å². The Kier molecular flexibility index (Phi) is 3.88. The highest BCUT2D eigenvalue weighted by atomic mass is 19.1. The van der Waals surface area contributed by atoms with Crippen molar-refractivity contribution in [2.75, 3.05) is 5.73 Å². The molecule has 0 unspecified atom stereocenters. The first-order valence-corrected chi connectivity index (χ1v) is 6.69. The van der Waals surface area contributed by atoms with Gasteiger partial charge < -0.3 is 10.3 Å². The number of hydrogen-bond donors (Lipinski definition) is 1. The topological polar surface area (TPSA) is 43.8 Å². The summed E-state index contributed by atoms with van der Waals surface area (Å²) in [6.07, 6.45) is 1.89. The third-order valence-electron chi connectivity index (χ3n) is 3.33. The van der Waals surface area contributed by atoms with Crippen molar-refractivity contribution in [1.29, 1.82) is 0 Å². The van der Waals surface area contributed by atoms with E-state index < -0.39 is 0 Å². The van der Waals surface area contributed by atoms with Crippen molar-refractivity contribution in [1.82, 2.24) is 9.55 Å². The molecule has 2 aromatic rings. The fraction of sp³-hybridized carbons (Fsp3) is 0.400. The summed E-state index contributed by atoms with van der Waals surface area (Å²) in [7, 11) is 0. The van der Waals surface area contributed by atoms with Gasteiger partial charge in [-0.2, -0.15) is 0 Å². The van der Waals surface area contributed by atoms with Crippen LogP contribution in [0, 0.1) is 12.7 Å². The predicted molar refractivity (Wildman–Crippen MR) is 76.4 cm³/mol. The van der Waals surface area contributed by atoms with Gasteiger partial charge in [0.05, 0.1) is 0 Å². The molecular formula is C15H20FN3. The SMILES string of the molecule is CCCc1nc(-c2cc(F)ccc2C)c(N)n1CC. The lowest BCUT2D eigenvalue weighted by atomic mass is 10.1. The van der Waals surface area contributed by atoms with Crippen molar-refractivity contribution in [3.63, 3.8) is 0 Å². The van der Waals surface area contributed by atoms with E-state index >= 15 is 0 Å². The van der Waals surface area contributed by atoms with E-state index in [4.69, 9.17) is 5.73 Å². The molecule has 2 rings (SSSR count). The zero-order valence-electron chi connectivity index (χ0n) is 11.7. The minimum atomic E-state index is -0.261. The maximum absolute atomic E-state index is 13.4. The van der Waals surface area contributed by atoms with Crippen LogP contribution in [-0.2, 0) is 13.0 Å². The van der Waals surface area contributed by atoms with Crippen molar-refractivity contribution in [3.05, 3.63) is 35.4 Å². The van der Waals surface area contributed by atoms with E-state index in [0.717, 1.165) is 36.3 Å². The van der Waals surface area contributed by atoms with Crippen LogP contribution in [0.1, 0.15) is 31.7 Å². The van der Waals surface area contributed by atoms with Gasteiger partial charge in [-0.3, -0.25) is 0 Å². The Morgan fingerprint density at radius 3 is 2.68 bits per heavy atom. The molecule has 0 atom stereocenters. The maximum Gasteiger partial charge on any atom is 0.131 e. The van der Waals surface area contributed by atoms with Crippen molar-refractivity contribution in [2.24, 2.45) is 0 Å². The number of halogens is 1. The number of aryl methyl sites for hydroxylation is 2. The number of nitrogen functional groups attached to an aromatic ring is 1. The van der Waals surface area contributed by atoms with Gasteiger partial charge in [0, 0.05) is 18.5 Å². The van der Waals surface area contributed by atoms with Gasteiger partial charge in [0.25, 0.3) is 0 Å². The molecule has 1 heterocycles. The zero-order valence-corrected chi connectivity index (χ0v) is 11.7. The number of imidazole rings is 1. The number of nitrogens with zero attached hydrogens (tertiary/aromatic N) is 2. The van der Waals surface area contributed by atoms with E-state index in [1.165, 1.54) is 12.1 Å². The second-order valence-corrected chi connectivity index (χ2v) is 4.72. The molecule has 1 aromatic heterocycles. The molecule has 0 saturated heterocycles. The minimum Gasteiger partial charge on any atom is -0.383 e. The van der Waals surface area contributed by atoms with Gasteiger partial charge in [0.15, 0.2) is 0 Å². The van der Waals surface area contributed by atoms with Gasteiger partial charge in [0.2, 0.25) is 0 Å². The monoisotopic (exact) mass is 261 g/mol. The van der Waals surface area contributed by atoms with E-state index in [1.807, 2.05) is 18.4 Å². The fourth-order valence-electron chi connectivity index (χ4n) is 2.33. The summed E-state index contributed by atoms with van der Waals surface area (Å²) in [5, 5.41) is 0. The summed E-state index contributed by atoms with van der Waals surface area (Å²) in [4.78, 5) is 4.61. The van der Waals surface area contributed by atoms with Crippen LogP contribution in [0.2, 0.25) is 0 Å². The average molecular weight is 261 g/mol. The molecule has 102 valence electrons. The lowest BCUT2D eigenvalue weighted by Gasteiger charge is -2.06. The first-order chi connectivity index (χ1) is 9.08. The third-order valence-corrected chi connectivity index (χ3v) is 3.33. The van der Waals surface area contributed by atoms with Gasteiger partial charge in [-0.25, -0.2) is 9.37 Å². The molecule has 0 aliphatic rings. The van der Waals surface area contributed by atoms with Crippen LogP contribution in [0.15, 0.2) is 18.2 Å². The molecule has 0 amide bonds. The maximum atomic E-state index is 13.4. The highest BCUT2D eigenvalue weighted by molar-refractivity contribution is 5.73. The first-order valence-electron chi connectivity index (χ1n) is 6.69. The smallest absolute Gasteiger partial charge is 0.131 e. The Morgan fingerprint density at radius 1 is 1.32 bits per heavy atom. The van der Waals surface area contributed by atoms with Crippen LogP contribution < -0.4 is 5.73 Å². The van der Waals surface area contributed by atoms with Gasteiger partial charge in [0.1, 0.15) is 23.2 Å². The van der Waals surface area contributed by atoms with E-state index in [-0.39, 0.29) is 5.82 Å². The number of rotatable bonds is 4. The van der Waals surface area contributed by atoms with Gasteiger partial charge in [-0.1, -0.05) is 13.0 Å². The molecule has 1 aromatic carbocycles. The molecule has 19 heavy (non-hydrogen) atoms. The quantitative estimate of drug-likeness (QED) is 0.914. The molecular weight excluding hydrogens is 241 g/mol. The van der Waals surface area contributed by atoms with Gasteiger partial charge >= 0.3 is 0 Å². The molecule has 4 heteroatoms. The summed E-state index contributed by atoms with van der Waals surface area (Å²) in [5.41, 5.74) is 8.63. The van der Waals surface area contributed by atoms with Crippen LogP contribution in [0.3, 0.4) is 0 Å². The van der Waals surface area contributed by atoms with Crippen LogP contribution in [0.25, 0.3) is 11.3 Å². The Bertz CT molecular complexity index is 587. The van der Waals surface area contributed by atoms with Crippen molar-refractivity contribution < 1.29 is 4.39 Å². The third kappa shape index (κ3) is 2.48. The Labute approximate surface area is 113 Å². The molecule has 0 aliphatic heterocycles. The molecule has 0 bridgehead atoms. The number of benzene rings is 1. The van der Waals surface area contributed by atoms with E-state index in [2.05, 4.69) is 11.9 Å². The van der Waals surface area contributed by atoms with Gasteiger partial charge in [-0.15, -0.1) is 0 Å². The van der Waals surface area contributed by atoms with Crippen LogP contribution in [-0.4, -0.2) is 9.55 Å². The van der Waals surface area contributed by atoms with Crippen molar-refractivity contribution >= 4 is 5.82 Å². The molecule has 3 nitrogen and oxygen atoms in total. The summed E-state index contributed by atoms with van der Waals surface area (Å²) >= 11 is 0. The van der Waals surface area contributed by atoms with E-state index in [9.17, 15) is 4.39 Å². The Balaban J connectivity index is 2.59. The molecule has 2 N–H and O–H groups in total. The fourth-order valence-corrected chi connectivity index (χ4v) is 2.33. The average Bonchev–Trinajstić information content (AvgIpc) is 2.69. The zero-order chi connectivity index (χ0) is 14.0. The van der Waals surface area contributed by atoms with E-state index in [1.54, 1.807) is 6.07 Å². The molecule has 0 aliphatic carbocycles. The standard InChI is InChI=1S/C15H20FN3/c1-4-6-13-18-14(15(17)19(13)5-2)12-9-11(16)8-7-10(12)3/h7-9H,4-6,17H2,1-3H3. The summed E-state index contributed by atoms with van der Waals surface area (Å²) < 4.78 is 15.4. The largest absolute Gasteiger partial charge is 0.383 e. The molecule has 0 fully saturated rings. The van der Waals surface area contributed by atoms with Gasteiger partial charge in [-0.05, 0) is 38.0 Å². The van der Waals surface area contributed by atoms with Crippen LogP contribution in [0.5, 0.6) is 0 Å². The molecule has 0 spiro atoms. The van der Waals surface area contributed by atoms with E-state index in [0.29, 0.717) is 11.5 Å². The summed E-state index contributed by atoms with van der Waals surface area (Å²) in [6.45, 7) is 6.87. The summed E-state index contributed by atoms with van der Waals surface area (Å²) in [5.74, 6) is 1.34. The lowest BCUT2D eigenvalue weighted by molar-refractivity contribution is 0.628. The highest BCUT2D eigenvalue weighted by Gasteiger charge is 2.16. The number of hydrogen-bond acceptors (Lipinski definition) is 2. The lowest BCUT2D eigenvalue weighted by Crippen LogP contribution is -2.05. The Morgan fingerprint density at radius 2 is 2.05 bits per heavy atom. The van der Waals surface area contributed by atoms with Crippen LogP contribution >= 0.6 is 0 Å².